The summed E-state index contributed by atoms with van der Waals surface area (Å²) in [6.07, 6.45) is 4.67. The van der Waals surface area contributed by atoms with Gasteiger partial charge in [-0.05, 0) is 68.7 Å². The van der Waals surface area contributed by atoms with Crippen LogP contribution in [-0.4, -0.2) is 40.5 Å². The Morgan fingerprint density at radius 3 is 2.56 bits per heavy atom. The van der Waals surface area contributed by atoms with Crippen molar-refractivity contribution in [2.75, 3.05) is 25.2 Å². The van der Waals surface area contributed by atoms with Gasteiger partial charge in [-0.25, -0.2) is 0 Å². The van der Waals surface area contributed by atoms with Crippen molar-refractivity contribution in [2.24, 2.45) is 0 Å². The van der Waals surface area contributed by atoms with Gasteiger partial charge in [0.1, 0.15) is 5.75 Å². The summed E-state index contributed by atoms with van der Waals surface area (Å²) in [4.78, 5) is 28.8. The average molecular weight is 525 g/mol. The summed E-state index contributed by atoms with van der Waals surface area (Å²) >= 11 is 0. The molecular formula is C30H28N4O5. The highest BCUT2D eigenvalue weighted by Gasteiger charge is 2.21. The summed E-state index contributed by atoms with van der Waals surface area (Å²) in [5.74, 6) is 1.87. The van der Waals surface area contributed by atoms with Gasteiger partial charge >= 0.3 is 0 Å². The van der Waals surface area contributed by atoms with Gasteiger partial charge in [-0.1, -0.05) is 23.8 Å². The van der Waals surface area contributed by atoms with E-state index in [0.29, 0.717) is 34.2 Å². The molecule has 6 rings (SSSR count). The number of ether oxygens (including phenoxy) is 3. The summed E-state index contributed by atoms with van der Waals surface area (Å²) in [7, 11) is 0. The fourth-order valence-electron chi connectivity index (χ4n) is 4.72. The number of aryl methyl sites for hydroxylation is 1. The highest BCUT2D eigenvalue weighted by molar-refractivity contribution is 5.95. The molecule has 9 nitrogen and oxygen atoms in total. The van der Waals surface area contributed by atoms with Crippen LogP contribution in [-0.2, 0) is 0 Å². The zero-order valence-electron chi connectivity index (χ0n) is 21.6. The molecule has 3 heterocycles. The van der Waals surface area contributed by atoms with Gasteiger partial charge in [-0.2, -0.15) is 9.78 Å². The zero-order valence-corrected chi connectivity index (χ0v) is 21.6. The number of rotatable bonds is 6. The van der Waals surface area contributed by atoms with Crippen LogP contribution in [0, 0.1) is 6.92 Å². The Hall–Kier alpha value is -4.79. The molecule has 1 fully saturated rings. The minimum atomic E-state index is -0.398. The third-order valence-corrected chi connectivity index (χ3v) is 6.82. The van der Waals surface area contributed by atoms with Crippen molar-refractivity contribution in [3.05, 3.63) is 94.4 Å². The van der Waals surface area contributed by atoms with Gasteiger partial charge in [0.15, 0.2) is 22.9 Å². The molecule has 1 aromatic heterocycles. The number of carbonyl (C=O) groups excluding carboxylic acids is 1. The van der Waals surface area contributed by atoms with Crippen LogP contribution in [0.5, 0.6) is 23.0 Å². The lowest BCUT2D eigenvalue weighted by atomic mass is 10.1. The Kier molecular flexibility index (Phi) is 6.62. The molecule has 0 atom stereocenters. The quantitative estimate of drug-likeness (QED) is 0.359. The molecule has 3 aromatic carbocycles. The maximum absolute atomic E-state index is 13.8. The van der Waals surface area contributed by atoms with E-state index in [0.717, 1.165) is 37.9 Å². The average Bonchev–Trinajstić information content (AvgIpc) is 3.44. The zero-order chi connectivity index (χ0) is 26.8. The minimum absolute atomic E-state index is 0.0121. The maximum atomic E-state index is 13.8. The van der Waals surface area contributed by atoms with Crippen LogP contribution in [0.15, 0.2) is 77.7 Å². The first-order valence-electron chi connectivity index (χ1n) is 13.0. The van der Waals surface area contributed by atoms with Crippen molar-refractivity contribution in [3.8, 4) is 28.7 Å². The van der Waals surface area contributed by atoms with E-state index in [1.165, 1.54) is 10.9 Å². The predicted octanol–water partition coefficient (Wildman–Crippen LogP) is 5.43. The van der Waals surface area contributed by atoms with Crippen LogP contribution in [0.2, 0.25) is 0 Å². The molecule has 0 spiro atoms. The van der Waals surface area contributed by atoms with Gasteiger partial charge in [0.05, 0.1) is 11.9 Å². The summed E-state index contributed by atoms with van der Waals surface area (Å²) in [6, 6.07) is 19.9. The normalized spacial score (nSPS) is 14.2. The molecule has 1 N–H and O–H groups in total. The van der Waals surface area contributed by atoms with E-state index in [2.05, 4.69) is 10.4 Å². The van der Waals surface area contributed by atoms with Crippen LogP contribution in [0.1, 0.15) is 35.2 Å². The number of benzene rings is 3. The van der Waals surface area contributed by atoms with E-state index < -0.39 is 5.56 Å². The summed E-state index contributed by atoms with van der Waals surface area (Å²) in [5.41, 5.74) is 2.64. The van der Waals surface area contributed by atoms with Crippen molar-refractivity contribution in [2.45, 2.75) is 26.2 Å². The molecule has 2 aliphatic rings. The molecule has 1 saturated heterocycles. The Morgan fingerprint density at radius 1 is 0.949 bits per heavy atom. The minimum Gasteiger partial charge on any atom is -0.454 e. The number of carbonyl (C=O) groups is 1. The first-order valence-corrected chi connectivity index (χ1v) is 13.0. The fraction of sp³-hybridized carbons (Fsp3) is 0.233. The molecule has 1 amide bonds. The highest BCUT2D eigenvalue weighted by atomic mass is 16.7. The second-order valence-electron chi connectivity index (χ2n) is 9.61. The van der Waals surface area contributed by atoms with Gasteiger partial charge < -0.3 is 24.4 Å². The van der Waals surface area contributed by atoms with Crippen molar-refractivity contribution in [1.82, 2.24) is 14.7 Å². The standard InChI is InChI=1S/C30H28N4O5/c1-20-8-10-23(11-9-20)34-30(36)28(27(18-31-34)39-24-12-13-25-26(17-24)38-19-37-25)32-22-7-5-6-21(16-22)29(35)33-14-3-2-4-15-33/h5-13,16-18,32H,2-4,14-15,19H2,1H3. The van der Waals surface area contributed by atoms with Crippen molar-refractivity contribution in [3.63, 3.8) is 0 Å². The number of hydrogen-bond donors (Lipinski definition) is 1. The van der Waals surface area contributed by atoms with Gasteiger partial charge in [0.25, 0.3) is 11.5 Å². The number of piperidine rings is 1. The van der Waals surface area contributed by atoms with Crippen LogP contribution >= 0.6 is 0 Å². The number of nitrogens with zero attached hydrogens (tertiary/aromatic N) is 3. The van der Waals surface area contributed by atoms with E-state index >= 15 is 0 Å². The number of likely N-dealkylation sites (tertiary alicyclic amines) is 1. The Morgan fingerprint density at radius 2 is 1.74 bits per heavy atom. The van der Waals surface area contributed by atoms with E-state index in [1.54, 1.807) is 36.4 Å². The molecule has 4 aromatic rings. The molecule has 39 heavy (non-hydrogen) atoms. The summed E-state index contributed by atoms with van der Waals surface area (Å²) in [5, 5.41) is 7.59. The smallest absolute Gasteiger partial charge is 0.299 e. The molecule has 0 radical (unpaired) electrons. The number of amides is 1. The lowest BCUT2D eigenvalue weighted by molar-refractivity contribution is 0.0724. The van der Waals surface area contributed by atoms with Gasteiger partial charge in [-0.3, -0.25) is 9.59 Å². The second-order valence-corrected chi connectivity index (χ2v) is 9.61. The van der Waals surface area contributed by atoms with Crippen LogP contribution < -0.4 is 25.1 Å². The van der Waals surface area contributed by atoms with Crippen molar-refractivity contribution in [1.29, 1.82) is 0 Å². The number of hydrogen-bond acceptors (Lipinski definition) is 7. The molecule has 0 bridgehead atoms. The van der Waals surface area contributed by atoms with Crippen LogP contribution in [0.3, 0.4) is 0 Å². The number of aromatic nitrogens is 2. The van der Waals surface area contributed by atoms with Crippen molar-refractivity contribution >= 4 is 17.3 Å². The second kappa shape index (κ2) is 10.5. The lowest BCUT2D eigenvalue weighted by Gasteiger charge is -2.26. The third kappa shape index (κ3) is 5.16. The first kappa shape index (κ1) is 24.5. The Bertz CT molecular complexity index is 1580. The molecule has 2 aliphatic heterocycles. The molecular weight excluding hydrogens is 496 g/mol. The van der Waals surface area contributed by atoms with E-state index in [-0.39, 0.29) is 24.1 Å². The number of fused-ring (bicyclic) bond motifs is 1. The predicted molar refractivity (Wildman–Crippen MR) is 147 cm³/mol. The first-order chi connectivity index (χ1) is 19.0. The molecule has 198 valence electrons. The van der Waals surface area contributed by atoms with Crippen LogP contribution in [0.25, 0.3) is 5.69 Å². The molecule has 9 heteroatoms. The number of anilines is 2. The maximum Gasteiger partial charge on any atom is 0.299 e. The highest BCUT2D eigenvalue weighted by Crippen LogP contribution is 2.37. The molecule has 0 aliphatic carbocycles. The monoisotopic (exact) mass is 524 g/mol. The van der Waals surface area contributed by atoms with Crippen molar-refractivity contribution < 1.29 is 19.0 Å². The van der Waals surface area contributed by atoms with Gasteiger partial charge in [0.2, 0.25) is 6.79 Å². The topological polar surface area (TPSA) is 94.9 Å². The fourth-order valence-corrected chi connectivity index (χ4v) is 4.72. The Balaban J connectivity index is 1.36. The van der Waals surface area contributed by atoms with E-state index in [4.69, 9.17) is 14.2 Å². The summed E-state index contributed by atoms with van der Waals surface area (Å²) in [6.45, 7) is 3.64. The largest absolute Gasteiger partial charge is 0.454 e. The van der Waals surface area contributed by atoms with Crippen LogP contribution in [0.4, 0.5) is 11.4 Å². The SMILES string of the molecule is Cc1ccc(-n2ncc(Oc3ccc4c(c3)OCO4)c(Nc3cccc(C(=O)N4CCCCC4)c3)c2=O)cc1. The van der Waals surface area contributed by atoms with Gasteiger partial charge in [0, 0.05) is 30.4 Å². The molecule has 0 saturated carbocycles. The lowest BCUT2D eigenvalue weighted by Crippen LogP contribution is -2.35. The molecule has 0 unspecified atom stereocenters. The van der Waals surface area contributed by atoms with E-state index in [9.17, 15) is 9.59 Å². The number of nitrogens with one attached hydrogen (secondary N) is 1. The van der Waals surface area contributed by atoms with E-state index in [1.807, 2.05) is 42.2 Å². The Labute approximate surface area is 225 Å². The summed E-state index contributed by atoms with van der Waals surface area (Å²) < 4.78 is 18.3. The van der Waals surface area contributed by atoms with Gasteiger partial charge in [-0.15, -0.1) is 0 Å². The third-order valence-electron chi connectivity index (χ3n) is 6.82.